The molecule has 26 heavy (non-hydrogen) atoms. The van der Waals surface area contributed by atoms with E-state index in [2.05, 4.69) is 0 Å². The largest absolute Gasteiger partial charge is 0.342 e. The van der Waals surface area contributed by atoms with Crippen molar-refractivity contribution in [2.24, 2.45) is 0 Å². The summed E-state index contributed by atoms with van der Waals surface area (Å²) in [5.41, 5.74) is 0. The zero-order valence-electron chi connectivity index (χ0n) is 14.9. The lowest BCUT2D eigenvalue weighted by atomic mass is 10.1. The first-order valence-corrected chi connectivity index (χ1v) is 11.8. The summed E-state index contributed by atoms with van der Waals surface area (Å²) < 4.78 is 27.0. The highest BCUT2D eigenvalue weighted by molar-refractivity contribution is 8.00. The Bertz CT molecular complexity index is 725. The van der Waals surface area contributed by atoms with Crippen LogP contribution in [0.2, 0.25) is 5.02 Å². The Morgan fingerprint density at radius 3 is 2.27 bits per heavy atom. The molecule has 0 aromatic heterocycles. The number of likely N-dealkylation sites (tertiary alicyclic amines) is 1. The molecule has 5 nitrogen and oxygen atoms in total. The summed E-state index contributed by atoms with van der Waals surface area (Å²) >= 11 is 7.40. The summed E-state index contributed by atoms with van der Waals surface area (Å²) in [7, 11) is -3.21. The molecule has 0 saturated carbocycles. The van der Waals surface area contributed by atoms with Crippen LogP contribution in [0, 0.1) is 0 Å². The minimum atomic E-state index is -3.21. The van der Waals surface area contributed by atoms with Gasteiger partial charge in [-0.15, -0.1) is 11.8 Å². The first kappa shape index (κ1) is 20.0. The van der Waals surface area contributed by atoms with Crippen molar-refractivity contribution in [1.29, 1.82) is 0 Å². The number of amides is 1. The monoisotopic (exact) mass is 416 g/mol. The van der Waals surface area contributed by atoms with E-state index in [-0.39, 0.29) is 16.4 Å². The molecule has 0 aliphatic carbocycles. The molecule has 0 radical (unpaired) electrons. The van der Waals surface area contributed by atoms with Gasteiger partial charge in [0.15, 0.2) is 0 Å². The number of carbonyl (C=O) groups is 1. The van der Waals surface area contributed by atoms with Crippen molar-refractivity contribution in [2.45, 2.75) is 48.0 Å². The second-order valence-electron chi connectivity index (χ2n) is 6.89. The quantitative estimate of drug-likeness (QED) is 0.691. The van der Waals surface area contributed by atoms with E-state index in [1.165, 1.54) is 11.8 Å². The number of halogens is 1. The average molecular weight is 417 g/mol. The summed E-state index contributed by atoms with van der Waals surface area (Å²) in [5, 5.41) is 0.126. The molecule has 0 spiro atoms. The fourth-order valence-electron chi connectivity index (χ4n) is 3.55. The van der Waals surface area contributed by atoms with E-state index < -0.39 is 10.0 Å². The minimum absolute atomic E-state index is 0.0713. The van der Waals surface area contributed by atoms with E-state index in [0.29, 0.717) is 44.0 Å². The molecule has 2 aliphatic heterocycles. The van der Waals surface area contributed by atoms with Crippen molar-refractivity contribution < 1.29 is 13.2 Å². The molecular weight excluding hydrogens is 392 g/mol. The first-order chi connectivity index (χ1) is 12.4. The van der Waals surface area contributed by atoms with Crippen molar-refractivity contribution in [2.75, 3.05) is 26.2 Å². The number of benzene rings is 1. The number of hydrogen-bond acceptors (Lipinski definition) is 4. The highest BCUT2D eigenvalue weighted by Crippen LogP contribution is 2.28. The van der Waals surface area contributed by atoms with Gasteiger partial charge in [0.25, 0.3) is 0 Å². The van der Waals surface area contributed by atoms with E-state index in [1.807, 2.05) is 36.1 Å². The third-order valence-corrected chi connectivity index (χ3v) is 8.82. The Kier molecular flexibility index (Phi) is 6.54. The van der Waals surface area contributed by atoms with Crippen LogP contribution in [-0.2, 0) is 14.8 Å². The normalized spacial score (nSPS) is 21.1. The van der Waals surface area contributed by atoms with E-state index in [0.717, 1.165) is 17.7 Å². The maximum Gasteiger partial charge on any atom is 0.235 e. The number of nitrogens with zero attached hydrogens (tertiary/aromatic N) is 2. The Labute approximate surface area is 165 Å². The fourth-order valence-corrected chi connectivity index (χ4v) is 6.62. The summed E-state index contributed by atoms with van der Waals surface area (Å²) in [5.74, 6) is 0.0713. The maximum atomic E-state index is 12.7. The van der Waals surface area contributed by atoms with Gasteiger partial charge in [-0.05, 0) is 56.9 Å². The molecule has 3 rings (SSSR count). The number of piperidine rings is 1. The van der Waals surface area contributed by atoms with Crippen molar-refractivity contribution >= 4 is 39.3 Å². The average Bonchev–Trinajstić information content (AvgIpc) is 3.18. The molecule has 1 atom stereocenters. The molecule has 0 N–H and O–H groups in total. The first-order valence-electron chi connectivity index (χ1n) is 9.08. The lowest BCUT2D eigenvalue weighted by Crippen LogP contribution is -2.47. The molecule has 0 unspecified atom stereocenters. The SMILES string of the molecule is C[C@H](Sc1ccc(Cl)cc1)C(=O)N1CCC(S(=O)(=O)N2CCCC2)CC1. The van der Waals surface area contributed by atoms with Gasteiger partial charge in [-0.2, -0.15) is 0 Å². The lowest BCUT2D eigenvalue weighted by Gasteiger charge is -2.34. The highest BCUT2D eigenvalue weighted by atomic mass is 35.5. The van der Waals surface area contributed by atoms with Crippen molar-refractivity contribution in [3.05, 3.63) is 29.3 Å². The van der Waals surface area contributed by atoms with Gasteiger partial charge in [0.1, 0.15) is 0 Å². The lowest BCUT2D eigenvalue weighted by molar-refractivity contribution is -0.131. The minimum Gasteiger partial charge on any atom is -0.342 e. The Hall–Kier alpha value is -0.760. The van der Waals surface area contributed by atoms with Crippen LogP contribution in [0.1, 0.15) is 32.6 Å². The van der Waals surface area contributed by atoms with Crippen LogP contribution in [-0.4, -0.2) is 60.2 Å². The van der Waals surface area contributed by atoms with Gasteiger partial charge >= 0.3 is 0 Å². The molecule has 2 aliphatic rings. The van der Waals surface area contributed by atoms with Gasteiger partial charge in [-0.3, -0.25) is 4.79 Å². The van der Waals surface area contributed by atoms with Crippen LogP contribution < -0.4 is 0 Å². The van der Waals surface area contributed by atoms with Crippen LogP contribution in [0.25, 0.3) is 0 Å². The molecule has 1 aromatic rings. The molecule has 0 bridgehead atoms. The van der Waals surface area contributed by atoms with Gasteiger partial charge in [0.2, 0.25) is 15.9 Å². The van der Waals surface area contributed by atoms with Gasteiger partial charge < -0.3 is 4.90 Å². The van der Waals surface area contributed by atoms with Crippen LogP contribution in [0.4, 0.5) is 0 Å². The maximum absolute atomic E-state index is 12.7. The number of rotatable bonds is 5. The van der Waals surface area contributed by atoms with Gasteiger partial charge in [-0.25, -0.2) is 12.7 Å². The zero-order valence-corrected chi connectivity index (χ0v) is 17.3. The van der Waals surface area contributed by atoms with E-state index >= 15 is 0 Å². The summed E-state index contributed by atoms with van der Waals surface area (Å²) in [6.45, 7) is 4.23. The van der Waals surface area contributed by atoms with Crippen LogP contribution in [0.3, 0.4) is 0 Å². The predicted molar refractivity (Wildman–Crippen MR) is 106 cm³/mol. The number of carbonyl (C=O) groups excluding carboxylic acids is 1. The predicted octanol–water partition coefficient (Wildman–Crippen LogP) is 3.24. The number of hydrogen-bond donors (Lipinski definition) is 0. The molecule has 144 valence electrons. The molecule has 8 heteroatoms. The van der Waals surface area contributed by atoms with Crippen molar-refractivity contribution in [3.63, 3.8) is 0 Å². The van der Waals surface area contributed by atoms with E-state index in [4.69, 9.17) is 11.6 Å². The van der Waals surface area contributed by atoms with E-state index in [9.17, 15) is 13.2 Å². The Morgan fingerprint density at radius 2 is 1.69 bits per heavy atom. The molecule has 1 aromatic carbocycles. The molecule has 2 fully saturated rings. The zero-order chi connectivity index (χ0) is 18.7. The smallest absolute Gasteiger partial charge is 0.235 e. The van der Waals surface area contributed by atoms with Crippen LogP contribution >= 0.6 is 23.4 Å². The van der Waals surface area contributed by atoms with Gasteiger partial charge in [0, 0.05) is 36.1 Å². The van der Waals surface area contributed by atoms with Gasteiger partial charge in [-0.1, -0.05) is 11.6 Å². The summed E-state index contributed by atoms with van der Waals surface area (Å²) in [4.78, 5) is 15.5. The molecule has 2 saturated heterocycles. The molecule has 2 heterocycles. The second kappa shape index (κ2) is 8.50. The fraction of sp³-hybridized carbons (Fsp3) is 0.611. The standard InChI is InChI=1S/C18H25ClN2O3S2/c1-14(25-16-6-4-15(19)5-7-16)18(22)20-12-8-17(9-13-20)26(23,24)21-10-2-3-11-21/h4-7,14,17H,2-3,8-13H2,1H3/t14-/m0/s1. The third-order valence-electron chi connectivity index (χ3n) is 5.07. The van der Waals surface area contributed by atoms with E-state index in [1.54, 1.807) is 4.31 Å². The molecule has 1 amide bonds. The Morgan fingerprint density at radius 1 is 1.12 bits per heavy atom. The number of thioether (sulfide) groups is 1. The molecular formula is C18H25ClN2O3S2. The third kappa shape index (κ3) is 4.55. The summed E-state index contributed by atoms with van der Waals surface area (Å²) in [6.07, 6.45) is 2.97. The van der Waals surface area contributed by atoms with Crippen LogP contribution in [0.5, 0.6) is 0 Å². The van der Waals surface area contributed by atoms with Crippen LogP contribution in [0.15, 0.2) is 29.2 Å². The topological polar surface area (TPSA) is 57.7 Å². The number of sulfonamides is 1. The van der Waals surface area contributed by atoms with Crippen molar-refractivity contribution in [1.82, 2.24) is 9.21 Å². The van der Waals surface area contributed by atoms with Gasteiger partial charge in [0.05, 0.1) is 10.5 Å². The highest BCUT2D eigenvalue weighted by Gasteiger charge is 2.37. The summed E-state index contributed by atoms with van der Waals surface area (Å²) in [6, 6.07) is 7.45. The second-order valence-corrected chi connectivity index (χ2v) is 11.0. The Balaban J connectivity index is 1.53. The van der Waals surface area contributed by atoms with Crippen molar-refractivity contribution in [3.8, 4) is 0 Å².